The van der Waals surface area contributed by atoms with Gasteiger partial charge in [-0.15, -0.1) is 11.3 Å². The third-order valence-corrected chi connectivity index (χ3v) is 10.2. The molecule has 10 nitrogen and oxygen atoms in total. The Labute approximate surface area is 308 Å². The SMILES string of the molecule is CCOC(=O)[C@@H](OC(C)(C)C)c1c(C)cc2nc(-c3cnc4c(c3)c(C3CCN(C(=O)OC(C)(C)C)CC3)nn4C)sc2c1-c1ccc(Cl)cc1. The van der Waals surface area contributed by atoms with Crippen LogP contribution in [0.3, 0.4) is 0 Å². The number of thiazole rings is 1. The number of likely N-dealkylation sites (tertiary alicyclic amines) is 1. The molecular formula is C39H46ClN5O5S. The highest BCUT2D eigenvalue weighted by atomic mass is 35.5. The number of carbonyl (C=O) groups is 2. The van der Waals surface area contributed by atoms with Gasteiger partial charge in [-0.25, -0.2) is 19.6 Å². The highest BCUT2D eigenvalue weighted by Gasteiger charge is 2.34. The third kappa shape index (κ3) is 7.90. The summed E-state index contributed by atoms with van der Waals surface area (Å²) in [4.78, 5) is 38.0. The fourth-order valence-electron chi connectivity index (χ4n) is 6.62. The minimum Gasteiger partial charge on any atom is -0.464 e. The summed E-state index contributed by atoms with van der Waals surface area (Å²) in [5, 5.41) is 7.30. The normalized spacial score (nSPS) is 15.1. The summed E-state index contributed by atoms with van der Waals surface area (Å²) in [5.41, 5.74) is 5.66. The molecule has 1 saturated heterocycles. The van der Waals surface area contributed by atoms with E-state index in [0.717, 1.165) is 72.6 Å². The van der Waals surface area contributed by atoms with Crippen molar-refractivity contribution in [1.29, 1.82) is 0 Å². The summed E-state index contributed by atoms with van der Waals surface area (Å²) in [6.45, 7) is 16.7. The molecule has 51 heavy (non-hydrogen) atoms. The molecule has 0 unspecified atom stereocenters. The van der Waals surface area contributed by atoms with Crippen LogP contribution in [0.1, 0.15) is 90.2 Å². The number of benzene rings is 2. The lowest BCUT2D eigenvalue weighted by atomic mass is 9.91. The van der Waals surface area contributed by atoms with Crippen molar-refractivity contribution >= 4 is 56.3 Å². The minimum absolute atomic E-state index is 0.171. The first-order valence-electron chi connectivity index (χ1n) is 17.4. The number of amides is 1. The van der Waals surface area contributed by atoms with E-state index in [4.69, 9.17) is 40.9 Å². The number of aryl methyl sites for hydroxylation is 2. The van der Waals surface area contributed by atoms with Gasteiger partial charge in [0.05, 0.1) is 28.1 Å². The van der Waals surface area contributed by atoms with E-state index in [9.17, 15) is 9.59 Å². The molecule has 4 heterocycles. The van der Waals surface area contributed by atoms with Crippen LogP contribution in [-0.4, -0.2) is 67.6 Å². The summed E-state index contributed by atoms with van der Waals surface area (Å²) < 4.78 is 20.4. The Morgan fingerprint density at radius 3 is 2.33 bits per heavy atom. The van der Waals surface area contributed by atoms with Crippen LogP contribution in [0.4, 0.5) is 4.79 Å². The van der Waals surface area contributed by atoms with E-state index in [1.165, 1.54) is 0 Å². The molecule has 0 spiro atoms. The van der Waals surface area contributed by atoms with Crippen LogP contribution in [0.25, 0.3) is 42.9 Å². The lowest BCUT2D eigenvalue weighted by Crippen LogP contribution is -2.41. The Hall–Kier alpha value is -4.06. The van der Waals surface area contributed by atoms with E-state index < -0.39 is 23.3 Å². The van der Waals surface area contributed by atoms with Gasteiger partial charge in [-0.3, -0.25) is 4.68 Å². The van der Waals surface area contributed by atoms with Crippen LogP contribution in [0.2, 0.25) is 5.02 Å². The van der Waals surface area contributed by atoms with Crippen molar-refractivity contribution < 1.29 is 23.8 Å². The van der Waals surface area contributed by atoms with Gasteiger partial charge in [-0.1, -0.05) is 23.7 Å². The number of ether oxygens (including phenoxy) is 3. The van der Waals surface area contributed by atoms with Crippen LogP contribution < -0.4 is 0 Å². The number of aromatic nitrogens is 4. The maximum atomic E-state index is 13.5. The number of halogens is 1. The number of hydrogen-bond donors (Lipinski definition) is 0. The zero-order chi connectivity index (χ0) is 36.8. The number of nitrogens with zero attached hydrogens (tertiary/aromatic N) is 5. The number of piperidine rings is 1. The fraction of sp³-hybridized carbons (Fsp3) is 0.462. The zero-order valence-corrected chi connectivity index (χ0v) is 32.4. The quantitative estimate of drug-likeness (QED) is 0.152. The van der Waals surface area contributed by atoms with Crippen molar-refractivity contribution in [2.75, 3.05) is 19.7 Å². The molecule has 0 aliphatic carbocycles. The molecule has 12 heteroatoms. The Kier molecular flexibility index (Phi) is 10.2. The molecule has 270 valence electrons. The molecule has 1 atom stereocenters. The van der Waals surface area contributed by atoms with Gasteiger partial charge in [-0.2, -0.15) is 5.10 Å². The summed E-state index contributed by atoms with van der Waals surface area (Å²) in [5.74, 6) is -0.269. The van der Waals surface area contributed by atoms with Crippen LogP contribution in [0, 0.1) is 6.92 Å². The van der Waals surface area contributed by atoms with Gasteiger partial charge in [0, 0.05) is 59.4 Å². The first-order valence-corrected chi connectivity index (χ1v) is 18.6. The van der Waals surface area contributed by atoms with E-state index in [-0.39, 0.29) is 18.6 Å². The van der Waals surface area contributed by atoms with E-state index in [0.29, 0.717) is 18.1 Å². The summed E-state index contributed by atoms with van der Waals surface area (Å²) in [6.07, 6.45) is 2.17. The molecule has 2 aromatic carbocycles. The lowest BCUT2D eigenvalue weighted by Gasteiger charge is -2.33. The molecule has 3 aromatic heterocycles. The van der Waals surface area contributed by atoms with Crippen LogP contribution in [0.5, 0.6) is 0 Å². The molecule has 1 fully saturated rings. The molecule has 0 bridgehead atoms. The van der Waals surface area contributed by atoms with Crippen molar-refractivity contribution in [3.8, 4) is 21.7 Å². The monoisotopic (exact) mass is 731 g/mol. The predicted octanol–water partition coefficient (Wildman–Crippen LogP) is 9.41. The highest BCUT2D eigenvalue weighted by Crippen LogP contribution is 2.45. The van der Waals surface area contributed by atoms with Gasteiger partial charge >= 0.3 is 12.1 Å². The Morgan fingerprint density at radius 1 is 1.02 bits per heavy atom. The van der Waals surface area contributed by atoms with Crippen LogP contribution >= 0.6 is 22.9 Å². The van der Waals surface area contributed by atoms with Gasteiger partial charge in [0.2, 0.25) is 0 Å². The molecule has 1 aliphatic rings. The average Bonchev–Trinajstić information content (AvgIpc) is 3.63. The first-order chi connectivity index (χ1) is 24.0. The maximum absolute atomic E-state index is 13.5. The average molecular weight is 732 g/mol. The summed E-state index contributed by atoms with van der Waals surface area (Å²) in [7, 11) is 1.91. The lowest BCUT2D eigenvalue weighted by molar-refractivity contribution is -0.166. The summed E-state index contributed by atoms with van der Waals surface area (Å²) in [6, 6.07) is 11.8. The topological polar surface area (TPSA) is 109 Å². The van der Waals surface area contributed by atoms with Gasteiger partial charge < -0.3 is 19.1 Å². The number of carbonyl (C=O) groups excluding carboxylic acids is 2. The van der Waals surface area contributed by atoms with Crippen LogP contribution in [0.15, 0.2) is 42.6 Å². The van der Waals surface area contributed by atoms with Crippen molar-refractivity contribution in [2.45, 2.75) is 91.5 Å². The van der Waals surface area contributed by atoms with E-state index in [2.05, 4.69) is 6.07 Å². The molecule has 0 saturated carbocycles. The highest BCUT2D eigenvalue weighted by molar-refractivity contribution is 7.22. The second-order valence-corrected chi connectivity index (χ2v) is 16.5. The molecular weight excluding hydrogens is 686 g/mol. The largest absolute Gasteiger partial charge is 0.464 e. The number of rotatable bonds is 7. The molecule has 1 amide bonds. The van der Waals surface area contributed by atoms with Crippen molar-refractivity contribution in [3.05, 3.63) is 64.4 Å². The molecule has 1 aliphatic heterocycles. The number of fused-ring (bicyclic) bond motifs is 2. The fourth-order valence-corrected chi connectivity index (χ4v) is 7.85. The maximum Gasteiger partial charge on any atom is 0.410 e. The second-order valence-electron chi connectivity index (χ2n) is 15.1. The Balaban J connectivity index is 1.43. The van der Waals surface area contributed by atoms with E-state index >= 15 is 0 Å². The minimum atomic E-state index is -0.955. The third-order valence-electron chi connectivity index (χ3n) is 8.78. The smallest absolute Gasteiger partial charge is 0.410 e. The Bertz CT molecular complexity index is 2090. The van der Waals surface area contributed by atoms with Crippen molar-refractivity contribution in [2.24, 2.45) is 7.05 Å². The van der Waals surface area contributed by atoms with Gasteiger partial charge in [0.15, 0.2) is 11.8 Å². The number of esters is 1. The number of hydrogen-bond acceptors (Lipinski definition) is 9. The van der Waals surface area contributed by atoms with Crippen LogP contribution in [-0.2, 0) is 26.1 Å². The van der Waals surface area contributed by atoms with Crippen molar-refractivity contribution in [1.82, 2.24) is 24.6 Å². The van der Waals surface area contributed by atoms with Gasteiger partial charge in [-0.05, 0) is 104 Å². The first kappa shape index (κ1) is 36.7. The Morgan fingerprint density at radius 2 is 1.71 bits per heavy atom. The van der Waals surface area contributed by atoms with Gasteiger partial charge in [0.1, 0.15) is 10.6 Å². The van der Waals surface area contributed by atoms with Crippen molar-refractivity contribution in [3.63, 3.8) is 0 Å². The standard InChI is InChI=1S/C39H46ClN5O5S/c1-10-48-36(46)32(49-38(3,4)5)29-22(2)19-28-33(30(29)23-11-13-26(40)14-12-23)51-35(42-28)25-20-27-31(43-44(9)34(27)41-21-25)24-15-17-45(18-16-24)37(47)50-39(6,7)8/h11-14,19-21,24,32H,10,15-18H2,1-9H3/t32-/m0/s1. The summed E-state index contributed by atoms with van der Waals surface area (Å²) >= 11 is 7.88. The molecule has 0 N–H and O–H groups in total. The van der Waals surface area contributed by atoms with Gasteiger partial charge in [0.25, 0.3) is 0 Å². The molecule has 6 rings (SSSR count). The zero-order valence-electron chi connectivity index (χ0n) is 30.8. The number of pyridine rings is 1. The predicted molar refractivity (Wildman–Crippen MR) is 202 cm³/mol. The molecule has 0 radical (unpaired) electrons. The second kappa shape index (κ2) is 14.2. The van der Waals surface area contributed by atoms with E-state index in [1.807, 2.05) is 96.7 Å². The van der Waals surface area contributed by atoms with E-state index in [1.54, 1.807) is 23.2 Å². The molecule has 5 aromatic rings.